The zero-order valence-electron chi connectivity index (χ0n) is 21.1. The number of sulfonamides is 1. The molecule has 1 amide bonds. The second-order valence-corrected chi connectivity index (χ2v) is 10.1. The van der Waals surface area contributed by atoms with Crippen molar-refractivity contribution in [3.8, 4) is 5.75 Å². The highest BCUT2D eigenvalue weighted by Gasteiger charge is 2.23. The number of nitrogen functional groups attached to an aromatic ring is 1. The summed E-state index contributed by atoms with van der Waals surface area (Å²) in [6.45, 7) is 2.44. The number of ether oxygens (including phenoxy) is 3. The fourth-order valence-corrected chi connectivity index (χ4v) is 4.25. The number of benzene rings is 2. The van der Waals surface area contributed by atoms with Crippen LogP contribution in [0.25, 0.3) is 0 Å². The van der Waals surface area contributed by atoms with Gasteiger partial charge in [-0.2, -0.15) is 0 Å². The smallest absolute Gasteiger partial charge is 0.344 e. The van der Waals surface area contributed by atoms with E-state index in [2.05, 4.69) is 5.32 Å². The molecule has 14 heteroatoms. The van der Waals surface area contributed by atoms with Crippen molar-refractivity contribution in [1.29, 1.82) is 5.41 Å². The standard InChI is InChI=1S/C24H29ClN4O8S/c1-4-35-21(30)13-29(38(3,33)34)19-9-17(8-18(25)11-19)24(32)28-12-16-7-6-15(23(26)27)10-20(16)37-14-22(31)36-5-2/h6-11H,4-5,12-14H2,1-3H3,(H3,26,27)(H,28,32). The van der Waals surface area contributed by atoms with Crippen molar-refractivity contribution in [2.75, 3.05) is 36.9 Å². The van der Waals surface area contributed by atoms with Crippen molar-refractivity contribution in [2.45, 2.75) is 20.4 Å². The Hall–Kier alpha value is -3.84. The molecule has 2 rings (SSSR count). The molecule has 0 saturated carbocycles. The zero-order valence-corrected chi connectivity index (χ0v) is 22.6. The number of amidine groups is 1. The molecule has 0 spiro atoms. The second-order valence-electron chi connectivity index (χ2n) is 7.79. The molecule has 2 aromatic rings. The lowest BCUT2D eigenvalue weighted by atomic mass is 10.1. The van der Waals surface area contributed by atoms with Gasteiger partial charge in [-0.1, -0.05) is 23.7 Å². The van der Waals surface area contributed by atoms with Crippen LogP contribution in [-0.4, -0.2) is 64.7 Å². The molecular weight excluding hydrogens is 540 g/mol. The lowest BCUT2D eigenvalue weighted by Crippen LogP contribution is -2.36. The molecule has 0 heterocycles. The number of esters is 2. The zero-order chi connectivity index (χ0) is 28.5. The number of amides is 1. The van der Waals surface area contributed by atoms with Gasteiger partial charge in [-0.25, -0.2) is 13.2 Å². The topological polar surface area (TPSA) is 178 Å². The number of nitrogens with two attached hydrogens (primary N) is 1. The Morgan fingerprint density at radius 1 is 1.03 bits per heavy atom. The first-order chi connectivity index (χ1) is 17.8. The molecule has 206 valence electrons. The minimum atomic E-state index is -3.92. The van der Waals surface area contributed by atoms with Gasteiger partial charge in [0.25, 0.3) is 5.91 Å². The summed E-state index contributed by atoms with van der Waals surface area (Å²) in [5.41, 5.74) is 6.39. The Kier molecular flexibility index (Phi) is 10.9. The lowest BCUT2D eigenvalue weighted by molar-refractivity contribution is -0.145. The Morgan fingerprint density at radius 3 is 2.29 bits per heavy atom. The van der Waals surface area contributed by atoms with E-state index in [0.29, 0.717) is 11.1 Å². The monoisotopic (exact) mass is 568 g/mol. The Bertz CT molecular complexity index is 1320. The average molecular weight is 569 g/mol. The van der Waals surface area contributed by atoms with Gasteiger partial charge in [-0.15, -0.1) is 0 Å². The van der Waals surface area contributed by atoms with Crippen molar-refractivity contribution in [2.24, 2.45) is 5.73 Å². The van der Waals surface area contributed by atoms with Gasteiger partial charge in [0.15, 0.2) is 6.61 Å². The predicted molar refractivity (Wildman–Crippen MR) is 141 cm³/mol. The van der Waals surface area contributed by atoms with Gasteiger partial charge in [0.05, 0.1) is 25.2 Å². The van der Waals surface area contributed by atoms with E-state index in [-0.39, 0.29) is 47.6 Å². The maximum absolute atomic E-state index is 13.0. The molecule has 0 aliphatic carbocycles. The van der Waals surface area contributed by atoms with Crippen LogP contribution < -0.4 is 20.1 Å². The van der Waals surface area contributed by atoms with E-state index >= 15 is 0 Å². The van der Waals surface area contributed by atoms with Crippen molar-refractivity contribution in [3.05, 3.63) is 58.1 Å². The molecular formula is C24H29ClN4O8S. The van der Waals surface area contributed by atoms with Crippen LogP contribution in [0.15, 0.2) is 36.4 Å². The quantitative estimate of drug-likeness (QED) is 0.185. The van der Waals surface area contributed by atoms with Gasteiger partial charge in [0, 0.05) is 28.3 Å². The summed E-state index contributed by atoms with van der Waals surface area (Å²) < 4.78 is 40.7. The summed E-state index contributed by atoms with van der Waals surface area (Å²) in [5, 5.41) is 10.4. The molecule has 0 aromatic heterocycles. The number of carbonyl (C=O) groups is 3. The molecule has 12 nitrogen and oxygen atoms in total. The number of carbonyl (C=O) groups excluding carboxylic acids is 3. The molecule has 0 radical (unpaired) electrons. The third-order valence-corrected chi connectivity index (χ3v) is 6.24. The molecule has 2 aromatic carbocycles. The van der Waals surface area contributed by atoms with Crippen LogP contribution in [0.1, 0.15) is 35.3 Å². The van der Waals surface area contributed by atoms with Gasteiger partial charge in [0.2, 0.25) is 10.0 Å². The summed E-state index contributed by atoms with van der Waals surface area (Å²) in [6.07, 6.45) is 0.912. The number of hydrogen-bond donors (Lipinski definition) is 3. The van der Waals surface area contributed by atoms with Gasteiger partial charge in [0.1, 0.15) is 18.1 Å². The first-order valence-corrected chi connectivity index (χ1v) is 13.6. The Morgan fingerprint density at radius 2 is 1.68 bits per heavy atom. The largest absolute Gasteiger partial charge is 0.482 e. The summed E-state index contributed by atoms with van der Waals surface area (Å²) in [4.78, 5) is 36.6. The van der Waals surface area contributed by atoms with Crippen molar-refractivity contribution >= 4 is 51.0 Å². The summed E-state index contributed by atoms with van der Waals surface area (Å²) in [6, 6.07) is 8.50. The number of rotatable bonds is 13. The SMILES string of the molecule is CCOC(=O)COc1cc(C(=N)N)ccc1CNC(=O)c1cc(Cl)cc(N(CC(=O)OCC)S(C)(=O)=O)c1. The molecule has 0 fully saturated rings. The molecule has 38 heavy (non-hydrogen) atoms. The van der Waals surface area contributed by atoms with Gasteiger partial charge in [-0.05, 0) is 38.1 Å². The van der Waals surface area contributed by atoms with Crippen LogP contribution in [0.5, 0.6) is 5.75 Å². The fraction of sp³-hybridized carbons (Fsp3) is 0.333. The minimum absolute atomic E-state index is 0.00229. The van der Waals surface area contributed by atoms with Crippen LogP contribution in [0, 0.1) is 5.41 Å². The van der Waals surface area contributed by atoms with Gasteiger partial charge >= 0.3 is 11.9 Å². The lowest BCUT2D eigenvalue weighted by Gasteiger charge is -2.22. The first kappa shape index (κ1) is 30.4. The summed E-state index contributed by atoms with van der Waals surface area (Å²) >= 11 is 6.16. The van der Waals surface area contributed by atoms with E-state index < -0.39 is 41.0 Å². The number of halogens is 1. The average Bonchev–Trinajstić information content (AvgIpc) is 2.84. The van der Waals surface area contributed by atoms with E-state index in [1.807, 2.05) is 0 Å². The minimum Gasteiger partial charge on any atom is -0.482 e. The first-order valence-electron chi connectivity index (χ1n) is 11.3. The van der Waals surface area contributed by atoms with E-state index in [1.54, 1.807) is 26.0 Å². The van der Waals surface area contributed by atoms with E-state index in [1.165, 1.54) is 24.3 Å². The summed E-state index contributed by atoms with van der Waals surface area (Å²) in [7, 11) is -3.92. The molecule has 4 N–H and O–H groups in total. The highest BCUT2D eigenvalue weighted by atomic mass is 35.5. The maximum atomic E-state index is 13.0. The molecule has 0 aliphatic heterocycles. The molecule has 0 aliphatic rings. The highest BCUT2D eigenvalue weighted by molar-refractivity contribution is 7.92. The van der Waals surface area contributed by atoms with Crippen LogP contribution in [-0.2, 0) is 35.6 Å². The van der Waals surface area contributed by atoms with E-state index in [9.17, 15) is 22.8 Å². The summed E-state index contributed by atoms with van der Waals surface area (Å²) in [5.74, 6) is -1.99. The molecule has 0 atom stereocenters. The van der Waals surface area contributed by atoms with Crippen LogP contribution in [0.4, 0.5) is 5.69 Å². The van der Waals surface area contributed by atoms with E-state index in [0.717, 1.165) is 10.6 Å². The number of anilines is 1. The van der Waals surface area contributed by atoms with Crippen LogP contribution >= 0.6 is 11.6 Å². The normalized spacial score (nSPS) is 10.8. The predicted octanol–water partition coefficient (Wildman–Crippen LogP) is 1.83. The fourth-order valence-electron chi connectivity index (χ4n) is 3.19. The molecule has 0 unspecified atom stereocenters. The van der Waals surface area contributed by atoms with Crippen molar-refractivity contribution in [1.82, 2.24) is 5.32 Å². The van der Waals surface area contributed by atoms with E-state index in [4.69, 9.17) is 37.0 Å². The van der Waals surface area contributed by atoms with Crippen molar-refractivity contribution in [3.63, 3.8) is 0 Å². The number of nitrogens with one attached hydrogen (secondary N) is 2. The molecule has 0 saturated heterocycles. The van der Waals surface area contributed by atoms with Crippen molar-refractivity contribution < 1.29 is 37.0 Å². The second kappa shape index (κ2) is 13.6. The van der Waals surface area contributed by atoms with Crippen LogP contribution in [0.3, 0.4) is 0 Å². The third-order valence-electron chi connectivity index (χ3n) is 4.88. The third kappa shape index (κ3) is 8.92. The molecule has 0 bridgehead atoms. The van der Waals surface area contributed by atoms with Gasteiger partial charge < -0.3 is 25.3 Å². The number of hydrogen-bond acceptors (Lipinski definition) is 9. The van der Waals surface area contributed by atoms with Crippen LogP contribution in [0.2, 0.25) is 5.02 Å². The van der Waals surface area contributed by atoms with Gasteiger partial charge in [-0.3, -0.25) is 19.3 Å². The number of nitrogens with zero attached hydrogens (tertiary/aromatic N) is 1. The Balaban J connectivity index is 2.28. The maximum Gasteiger partial charge on any atom is 0.344 e. The highest BCUT2D eigenvalue weighted by Crippen LogP contribution is 2.25. The Labute approximate surface area is 225 Å².